The quantitative estimate of drug-likeness (QED) is 0.783. The van der Waals surface area contributed by atoms with Crippen LogP contribution in [0.3, 0.4) is 0 Å². The van der Waals surface area contributed by atoms with Crippen molar-refractivity contribution in [2.75, 3.05) is 18.6 Å². The molecule has 0 aliphatic heterocycles. The van der Waals surface area contributed by atoms with Crippen LogP contribution in [0.5, 0.6) is 0 Å². The number of pyridine rings is 1. The molecule has 0 bridgehead atoms. The molecule has 1 atom stereocenters. The van der Waals surface area contributed by atoms with Crippen molar-refractivity contribution < 1.29 is 9.90 Å². The number of thioether (sulfide) groups is 1. The lowest BCUT2D eigenvalue weighted by Crippen LogP contribution is -2.36. The highest BCUT2D eigenvalue weighted by Gasteiger charge is 2.12. The zero-order valence-electron chi connectivity index (χ0n) is 11.8. The summed E-state index contributed by atoms with van der Waals surface area (Å²) in [6.45, 7) is 2.10. The van der Waals surface area contributed by atoms with E-state index in [0.717, 1.165) is 17.7 Å². The van der Waals surface area contributed by atoms with Crippen LogP contribution in [0.1, 0.15) is 35.8 Å². The molecule has 1 amide bonds. The van der Waals surface area contributed by atoms with Gasteiger partial charge in [-0.25, -0.2) is 4.98 Å². The molecule has 1 unspecified atom stereocenters. The van der Waals surface area contributed by atoms with E-state index in [1.165, 1.54) is 0 Å². The van der Waals surface area contributed by atoms with E-state index in [9.17, 15) is 4.79 Å². The number of carbonyl (C=O) groups is 1. The molecule has 5 heteroatoms. The number of amides is 1. The van der Waals surface area contributed by atoms with E-state index >= 15 is 0 Å². The van der Waals surface area contributed by atoms with E-state index in [0.29, 0.717) is 12.1 Å². The fraction of sp³-hybridized carbons (Fsp3) is 0.467. The van der Waals surface area contributed by atoms with Gasteiger partial charge in [-0.2, -0.15) is 11.8 Å². The number of rotatable bonds is 6. The molecule has 0 spiro atoms. The molecule has 108 valence electrons. The lowest BCUT2D eigenvalue weighted by atomic mass is 10.2. The summed E-state index contributed by atoms with van der Waals surface area (Å²) in [7, 11) is 0. The molecule has 1 aromatic rings. The SMILES string of the molecule is CCC(CSC)NC(=O)c1ccc(C#CCCO)cn1. The third kappa shape index (κ3) is 5.64. The Hall–Kier alpha value is -1.51. The van der Waals surface area contributed by atoms with E-state index in [1.54, 1.807) is 30.1 Å². The Morgan fingerprint density at radius 2 is 2.35 bits per heavy atom. The first-order chi connectivity index (χ1) is 9.71. The molecular formula is C15H20N2O2S. The van der Waals surface area contributed by atoms with Crippen LogP contribution in [-0.2, 0) is 0 Å². The second-order valence-corrected chi connectivity index (χ2v) is 5.15. The van der Waals surface area contributed by atoms with Crippen LogP contribution in [0.25, 0.3) is 0 Å². The molecule has 2 N–H and O–H groups in total. The predicted molar refractivity (Wildman–Crippen MR) is 82.7 cm³/mol. The number of aliphatic hydroxyl groups excluding tert-OH is 1. The third-order valence-corrected chi connectivity index (χ3v) is 3.40. The number of nitrogens with one attached hydrogen (secondary N) is 1. The van der Waals surface area contributed by atoms with Gasteiger partial charge in [0, 0.05) is 30.0 Å². The molecular weight excluding hydrogens is 272 g/mol. The molecule has 0 aliphatic carbocycles. The number of hydrogen-bond acceptors (Lipinski definition) is 4. The maximum absolute atomic E-state index is 12.0. The van der Waals surface area contributed by atoms with Gasteiger partial charge in [-0.15, -0.1) is 0 Å². The van der Waals surface area contributed by atoms with Crippen LogP contribution in [0.2, 0.25) is 0 Å². The first-order valence-electron chi connectivity index (χ1n) is 6.56. The maximum Gasteiger partial charge on any atom is 0.270 e. The van der Waals surface area contributed by atoms with E-state index in [-0.39, 0.29) is 18.6 Å². The predicted octanol–water partition coefficient (Wildman–Crippen LogP) is 1.69. The first kappa shape index (κ1) is 16.5. The van der Waals surface area contributed by atoms with Gasteiger partial charge >= 0.3 is 0 Å². The number of carbonyl (C=O) groups excluding carboxylic acids is 1. The maximum atomic E-state index is 12.0. The number of aliphatic hydroxyl groups is 1. The first-order valence-corrected chi connectivity index (χ1v) is 7.96. The minimum absolute atomic E-state index is 0.0504. The highest BCUT2D eigenvalue weighted by molar-refractivity contribution is 7.98. The van der Waals surface area contributed by atoms with Gasteiger partial charge in [0.05, 0.1) is 6.61 Å². The van der Waals surface area contributed by atoms with Crippen LogP contribution in [0.4, 0.5) is 0 Å². The highest BCUT2D eigenvalue weighted by Crippen LogP contribution is 2.04. The molecule has 0 saturated heterocycles. The Bertz CT molecular complexity index is 477. The molecule has 0 saturated carbocycles. The van der Waals surface area contributed by atoms with Crippen LogP contribution < -0.4 is 5.32 Å². The summed E-state index contributed by atoms with van der Waals surface area (Å²) in [4.78, 5) is 16.1. The summed E-state index contributed by atoms with van der Waals surface area (Å²) in [5, 5.41) is 11.6. The summed E-state index contributed by atoms with van der Waals surface area (Å²) in [5.74, 6) is 6.43. The van der Waals surface area contributed by atoms with Crippen molar-refractivity contribution in [2.45, 2.75) is 25.8 Å². The van der Waals surface area contributed by atoms with E-state index in [1.807, 2.05) is 6.26 Å². The standard InChI is InChI=1S/C15H20N2O2S/c1-3-13(11-20-2)17-15(19)14-8-7-12(10-16-14)6-4-5-9-18/h7-8,10,13,18H,3,5,9,11H2,1-2H3,(H,17,19). The number of hydrogen-bond donors (Lipinski definition) is 2. The van der Waals surface area contributed by atoms with Crippen molar-refractivity contribution in [3.63, 3.8) is 0 Å². The topological polar surface area (TPSA) is 62.2 Å². The summed E-state index contributed by atoms with van der Waals surface area (Å²) in [6, 6.07) is 3.61. The molecule has 1 rings (SSSR count). The Kier molecular flexibility index (Phi) is 7.78. The van der Waals surface area contributed by atoms with Crippen molar-refractivity contribution in [1.82, 2.24) is 10.3 Å². The second-order valence-electron chi connectivity index (χ2n) is 4.24. The van der Waals surface area contributed by atoms with E-state index < -0.39 is 0 Å². The van der Waals surface area contributed by atoms with Gasteiger partial charge in [0.1, 0.15) is 5.69 Å². The summed E-state index contributed by atoms with van der Waals surface area (Å²) in [5.41, 5.74) is 1.14. The minimum atomic E-state index is -0.152. The highest BCUT2D eigenvalue weighted by atomic mass is 32.2. The Morgan fingerprint density at radius 3 is 2.90 bits per heavy atom. The molecule has 0 radical (unpaired) electrons. The van der Waals surface area contributed by atoms with Crippen molar-refractivity contribution in [2.24, 2.45) is 0 Å². The largest absolute Gasteiger partial charge is 0.395 e. The fourth-order valence-electron chi connectivity index (χ4n) is 1.54. The molecule has 1 aromatic heterocycles. The zero-order valence-corrected chi connectivity index (χ0v) is 12.7. The van der Waals surface area contributed by atoms with Crippen molar-refractivity contribution in [3.05, 3.63) is 29.6 Å². The molecule has 0 fully saturated rings. The van der Waals surface area contributed by atoms with Crippen molar-refractivity contribution in [1.29, 1.82) is 0 Å². The average molecular weight is 292 g/mol. The zero-order chi connectivity index (χ0) is 14.8. The van der Waals surface area contributed by atoms with Gasteiger partial charge in [-0.3, -0.25) is 4.79 Å². The summed E-state index contributed by atoms with van der Waals surface area (Å²) in [6.07, 6.45) is 4.94. The lowest BCUT2D eigenvalue weighted by molar-refractivity contribution is 0.0935. The average Bonchev–Trinajstić information content (AvgIpc) is 2.47. The van der Waals surface area contributed by atoms with Crippen LogP contribution in [-0.4, -0.2) is 40.7 Å². The smallest absolute Gasteiger partial charge is 0.270 e. The molecule has 0 aromatic carbocycles. The molecule has 4 nitrogen and oxygen atoms in total. The molecule has 0 aliphatic rings. The Balaban J connectivity index is 2.64. The number of nitrogens with zero attached hydrogens (tertiary/aromatic N) is 1. The van der Waals surface area contributed by atoms with Gasteiger partial charge in [-0.1, -0.05) is 18.8 Å². The van der Waals surface area contributed by atoms with Gasteiger partial charge in [0.15, 0.2) is 0 Å². The fourth-order valence-corrected chi connectivity index (χ4v) is 2.27. The van der Waals surface area contributed by atoms with Crippen molar-refractivity contribution >= 4 is 17.7 Å². The van der Waals surface area contributed by atoms with Crippen LogP contribution in [0.15, 0.2) is 18.3 Å². The monoisotopic (exact) mass is 292 g/mol. The molecule has 20 heavy (non-hydrogen) atoms. The third-order valence-electron chi connectivity index (χ3n) is 2.66. The Labute approximate surface area is 124 Å². The van der Waals surface area contributed by atoms with Crippen LogP contribution >= 0.6 is 11.8 Å². The Morgan fingerprint density at radius 1 is 1.55 bits per heavy atom. The number of aromatic nitrogens is 1. The summed E-state index contributed by atoms with van der Waals surface area (Å²) < 4.78 is 0. The van der Waals surface area contributed by atoms with E-state index in [2.05, 4.69) is 29.1 Å². The van der Waals surface area contributed by atoms with Crippen molar-refractivity contribution in [3.8, 4) is 11.8 Å². The minimum Gasteiger partial charge on any atom is -0.395 e. The van der Waals surface area contributed by atoms with Gasteiger partial charge in [0.2, 0.25) is 0 Å². The second kappa shape index (κ2) is 9.40. The van der Waals surface area contributed by atoms with Crippen LogP contribution in [0, 0.1) is 11.8 Å². The van der Waals surface area contributed by atoms with Gasteiger partial charge < -0.3 is 10.4 Å². The van der Waals surface area contributed by atoms with E-state index in [4.69, 9.17) is 5.11 Å². The lowest BCUT2D eigenvalue weighted by Gasteiger charge is -2.15. The summed E-state index contributed by atoms with van der Waals surface area (Å²) >= 11 is 1.71. The normalized spacial score (nSPS) is 11.3. The van der Waals surface area contributed by atoms with Gasteiger partial charge in [-0.05, 0) is 24.8 Å². The molecule has 1 heterocycles. The van der Waals surface area contributed by atoms with Gasteiger partial charge in [0.25, 0.3) is 5.91 Å².